The fourth-order valence-corrected chi connectivity index (χ4v) is 3.27. The number of benzene rings is 1. The lowest BCUT2D eigenvalue weighted by Gasteiger charge is -2.19. The normalized spacial score (nSPS) is 23.4. The molecule has 1 atom stereocenters. The van der Waals surface area contributed by atoms with Crippen LogP contribution in [0.1, 0.15) is 39.2 Å². The van der Waals surface area contributed by atoms with Crippen molar-refractivity contribution in [2.75, 3.05) is 5.75 Å². The zero-order chi connectivity index (χ0) is 13.0. The second-order valence-corrected chi connectivity index (χ2v) is 6.35. The van der Waals surface area contributed by atoms with Gasteiger partial charge in [0.1, 0.15) is 0 Å². The number of para-hydroxylation sites is 1. The van der Waals surface area contributed by atoms with Gasteiger partial charge in [-0.3, -0.25) is 4.99 Å². The molecule has 1 aromatic rings. The van der Waals surface area contributed by atoms with Crippen LogP contribution in [0.15, 0.2) is 35.3 Å². The van der Waals surface area contributed by atoms with E-state index in [9.17, 15) is 0 Å². The Kier molecular flexibility index (Phi) is 4.65. The summed E-state index contributed by atoms with van der Waals surface area (Å²) in [6.45, 7) is 6.53. The molecule has 0 radical (unpaired) electrons. The SMILES string of the molecule is CC=C(C)c1ccccc1N=C1CCSC(C)C1. The molecule has 0 aliphatic carbocycles. The Hall–Kier alpha value is -1.02. The van der Waals surface area contributed by atoms with Crippen molar-refractivity contribution >= 4 is 28.7 Å². The van der Waals surface area contributed by atoms with Crippen LogP contribution in [-0.2, 0) is 0 Å². The Morgan fingerprint density at radius 2 is 2.17 bits per heavy atom. The van der Waals surface area contributed by atoms with Gasteiger partial charge in [0.15, 0.2) is 0 Å². The van der Waals surface area contributed by atoms with Gasteiger partial charge in [-0.15, -0.1) is 0 Å². The van der Waals surface area contributed by atoms with E-state index >= 15 is 0 Å². The zero-order valence-corrected chi connectivity index (χ0v) is 12.3. The Balaban J connectivity index is 2.31. The average Bonchev–Trinajstić information content (AvgIpc) is 2.38. The molecule has 1 aliphatic rings. The molecule has 96 valence electrons. The Morgan fingerprint density at radius 3 is 2.89 bits per heavy atom. The van der Waals surface area contributed by atoms with Crippen LogP contribution >= 0.6 is 11.8 Å². The number of nitrogens with zero attached hydrogens (tertiary/aromatic N) is 1. The topological polar surface area (TPSA) is 12.4 Å². The molecule has 0 N–H and O–H groups in total. The van der Waals surface area contributed by atoms with Crippen molar-refractivity contribution in [2.24, 2.45) is 4.99 Å². The summed E-state index contributed by atoms with van der Waals surface area (Å²) >= 11 is 2.06. The van der Waals surface area contributed by atoms with Gasteiger partial charge in [0.05, 0.1) is 5.69 Å². The largest absolute Gasteiger partial charge is 0.257 e. The second kappa shape index (κ2) is 6.24. The van der Waals surface area contributed by atoms with E-state index in [4.69, 9.17) is 4.99 Å². The van der Waals surface area contributed by atoms with Crippen LogP contribution < -0.4 is 0 Å². The van der Waals surface area contributed by atoms with Crippen molar-refractivity contribution in [1.82, 2.24) is 0 Å². The minimum absolute atomic E-state index is 0.715. The van der Waals surface area contributed by atoms with Crippen LogP contribution in [0.2, 0.25) is 0 Å². The number of rotatable bonds is 2. The van der Waals surface area contributed by atoms with Gasteiger partial charge in [0.2, 0.25) is 0 Å². The van der Waals surface area contributed by atoms with Crippen LogP contribution in [0.4, 0.5) is 5.69 Å². The first-order valence-electron chi connectivity index (χ1n) is 6.61. The molecule has 1 aliphatic heterocycles. The van der Waals surface area contributed by atoms with Crippen LogP contribution in [0.5, 0.6) is 0 Å². The number of hydrogen-bond donors (Lipinski definition) is 0. The highest BCUT2D eigenvalue weighted by atomic mass is 32.2. The van der Waals surface area contributed by atoms with Gasteiger partial charge in [-0.25, -0.2) is 0 Å². The minimum Gasteiger partial charge on any atom is -0.257 e. The summed E-state index contributed by atoms with van der Waals surface area (Å²) in [5.74, 6) is 1.21. The third-order valence-electron chi connectivity index (χ3n) is 3.36. The van der Waals surface area contributed by atoms with E-state index in [1.165, 1.54) is 22.6 Å². The molecule has 1 nitrogen and oxygen atoms in total. The summed E-state index contributed by atoms with van der Waals surface area (Å²) in [6, 6.07) is 8.45. The maximum Gasteiger partial charge on any atom is 0.0703 e. The van der Waals surface area contributed by atoms with Crippen molar-refractivity contribution in [3.63, 3.8) is 0 Å². The Morgan fingerprint density at radius 1 is 1.39 bits per heavy atom. The second-order valence-electron chi connectivity index (χ2n) is 4.80. The Bertz CT molecular complexity index is 474. The fraction of sp³-hybridized carbons (Fsp3) is 0.438. The van der Waals surface area contributed by atoms with Gasteiger partial charge in [-0.1, -0.05) is 31.2 Å². The van der Waals surface area contributed by atoms with Crippen LogP contribution in [0.3, 0.4) is 0 Å². The van der Waals surface area contributed by atoms with Crippen molar-refractivity contribution < 1.29 is 0 Å². The fourth-order valence-electron chi connectivity index (χ4n) is 2.20. The van der Waals surface area contributed by atoms with E-state index in [0.29, 0.717) is 5.25 Å². The first kappa shape index (κ1) is 13.4. The molecular formula is C16H21NS. The molecule has 1 fully saturated rings. The number of hydrogen-bond acceptors (Lipinski definition) is 2. The summed E-state index contributed by atoms with van der Waals surface area (Å²) in [5.41, 5.74) is 5.05. The third-order valence-corrected chi connectivity index (χ3v) is 4.53. The van der Waals surface area contributed by atoms with Gasteiger partial charge in [-0.05, 0) is 44.1 Å². The number of aliphatic imine (C=N–C) groups is 1. The van der Waals surface area contributed by atoms with Gasteiger partial charge in [0.25, 0.3) is 0 Å². The molecule has 1 aromatic carbocycles. The molecule has 2 heteroatoms. The summed E-state index contributed by atoms with van der Waals surface area (Å²) < 4.78 is 0. The maximum atomic E-state index is 4.90. The van der Waals surface area contributed by atoms with Crippen molar-refractivity contribution in [1.29, 1.82) is 0 Å². The molecule has 0 spiro atoms. The van der Waals surface area contributed by atoms with Crippen molar-refractivity contribution in [2.45, 2.75) is 38.9 Å². The molecule has 1 unspecified atom stereocenters. The summed E-state index contributed by atoms with van der Waals surface area (Å²) in [6.07, 6.45) is 4.42. The quantitative estimate of drug-likeness (QED) is 0.720. The summed E-state index contributed by atoms with van der Waals surface area (Å²) in [7, 11) is 0. The number of allylic oxidation sites excluding steroid dienone is 2. The third kappa shape index (κ3) is 3.26. The van der Waals surface area contributed by atoms with E-state index in [-0.39, 0.29) is 0 Å². The van der Waals surface area contributed by atoms with E-state index in [1.807, 2.05) is 0 Å². The van der Waals surface area contributed by atoms with Gasteiger partial charge in [-0.2, -0.15) is 11.8 Å². The molecular weight excluding hydrogens is 238 g/mol. The molecule has 2 rings (SSSR count). The molecule has 0 bridgehead atoms. The smallest absolute Gasteiger partial charge is 0.0703 e. The van der Waals surface area contributed by atoms with E-state index in [1.54, 1.807) is 0 Å². The molecule has 1 heterocycles. The average molecular weight is 259 g/mol. The van der Waals surface area contributed by atoms with Gasteiger partial charge < -0.3 is 0 Å². The van der Waals surface area contributed by atoms with Crippen molar-refractivity contribution in [3.05, 3.63) is 35.9 Å². The van der Waals surface area contributed by atoms with Crippen molar-refractivity contribution in [3.8, 4) is 0 Å². The lowest BCUT2D eigenvalue weighted by molar-refractivity contribution is 0.961. The number of thioether (sulfide) groups is 1. The van der Waals surface area contributed by atoms with Crippen LogP contribution in [-0.4, -0.2) is 16.7 Å². The van der Waals surface area contributed by atoms with Gasteiger partial charge in [0, 0.05) is 16.5 Å². The molecule has 1 saturated heterocycles. The molecule has 0 aromatic heterocycles. The maximum absolute atomic E-state index is 4.90. The molecule has 0 amide bonds. The highest BCUT2D eigenvalue weighted by molar-refractivity contribution is 8.00. The summed E-state index contributed by atoms with van der Waals surface area (Å²) in [4.78, 5) is 4.90. The zero-order valence-electron chi connectivity index (χ0n) is 11.4. The highest BCUT2D eigenvalue weighted by Crippen LogP contribution is 2.29. The van der Waals surface area contributed by atoms with E-state index in [2.05, 4.69) is 62.9 Å². The van der Waals surface area contributed by atoms with E-state index < -0.39 is 0 Å². The lowest BCUT2D eigenvalue weighted by Crippen LogP contribution is -2.15. The van der Waals surface area contributed by atoms with Crippen LogP contribution in [0.25, 0.3) is 5.57 Å². The monoisotopic (exact) mass is 259 g/mol. The Labute approximate surface area is 114 Å². The lowest BCUT2D eigenvalue weighted by atomic mass is 10.0. The van der Waals surface area contributed by atoms with Crippen LogP contribution in [0, 0.1) is 0 Å². The van der Waals surface area contributed by atoms with Gasteiger partial charge >= 0.3 is 0 Å². The predicted octanol–water partition coefficient (Wildman–Crippen LogP) is 5.10. The molecule has 18 heavy (non-hydrogen) atoms. The van der Waals surface area contributed by atoms with E-state index in [0.717, 1.165) is 18.5 Å². The molecule has 0 saturated carbocycles. The highest BCUT2D eigenvalue weighted by Gasteiger charge is 2.14. The first-order chi connectivity index (χ1) is 8.70. The predicted molar refractivity (Wildman–Crippen MR) is 84.0 cm³/mol. The minimum atomic E-state index is 0.715. The summed E-state index contributed by atoms with van der Waals surface area (Å²) in [5, 5.41) is 0.715. The first-order valence-corrected chi connectivity index (χ1v) is 7.66. The standard InChI is InChI=1S/C16H21NS/c1-4-12(2)15-7-5-6-8-16(15)17-14-9-10-18-13(3)11-14/h4-8,13H,9-11H2,1-3H3.